The van der Waals surface area contributed by atoms with Crippen LogP contribution >= 0.6 is 0 Å². The molecule has 2 atom stereocenters. The molecule has 16 heavy (non-hydrogen) atoms. The van der Waals surface area contributed by atoms with Crippen molar-refractivity contribution in [2.45, 2.75) is 50.9 Å². The monoisotopic (exact) mass is 230 g/mol. The molecule has 0 amide bonds. The predicted molar refractivity (Wildman–Crippen MR) is 58.8 cm³/mol. The Bertz CT molecular complexity index is 245. The number of rotatable bonds is 6. The van der Waals surface area contributed by atoms with E-state index in [-0.39, 0.29) is 6.32 Å². The molecule has 92 valence electrons. The van der Waals surface area contributed by atoms with Crippen LogP contribution in [-0.4, -0.2) is 39.5 Å². The Morgan fingerprint density at radius 2 is 2.06 bits per heavy atom. The first-order chi connectivity index (χ1) is 7.46. The summed E-state index contributed by atoms with van der Waals surface area (Å²) in [6, 6.07) is 0. The van der Waals surface area contributed by atoms with Gasteiger partial charge in [-0.1, -0.05) is 12.8 Å². The molecule has 6 heteroatoms. The van der Waals surface area contributed by atoms with E-state index >= 15 is 0 Å². The van der Waals surface area contributed by atoms with Crippen molar-refractivity contribution in [3.05, 3.63) is 0 Å². The van der Waals surface area contributed by atoms with E-state index < -0.39 is 24.6 Å². The molecule has 0 saturated heterocycles. The lowest BCUT2D eigenvalue weighted by atomic mass is 9.78. The lowest BCUT2D eigenvalue weighted by molar-refractivity contribution is -0.149. The van der Waals surface area contributed by atoms with Crippen molar-refractivity contribution in [2.75, 3.05) is 0 Å². The van der Waals surface area contributed by atoms with Crippen LogP contribution in [-0.2, 0) is 4.79 Å². The van der Waals surface area contributed by atoms with Crippen LogP contribution in [0.2, 0.25) is 6.32 Å². The smallest absolute Gasteiger partial charge is 0.451 e. The van der Waals surface area contributed by atoms with Gasteiger partial charge in [0, 0.05) is 0 Å². The molecule has 0 aromatic carbocycles. The first kappa shape index (κ1) is 13.5. The normalized spacial score (nSPS) is 29.3. The summed E-state index contributed by atoms with van der Waals surface area (Å²) < 4.78 is 0. The Kier molecular flexibility index (Phi) is 4.77. The summed E-state index contributed by atoms with van der Waals surface area (Å²) in [4.78, 5) is 11.2. The molecule has 5 nitrogen and oxygen atoms in total. The third-order valence-electron chi connectivity index (χ3n) is 3.40. The number of carboxylic acids is 1. The number of unbranched alkanes of at least 4 members (excludes halogenated alkanes) is 1. The molecule has 4 N–H and O–H groups in total. The molecule has 1 rings (SSSR count). The third kappa shape index (κ3) is 3.47. The largest absolute Gasteiger partial charge is 0.481 e. The van der Waals surface area contributed by atoms with Crippen LogP contribution in [0.1, 0.15) is 38.5 Å². The number of aliphatic hydroxyl groups excluding tert-OH is 1. The van der Waals surface area contributed by atoms with Gasteiger partial charge in [0.1, 0.15) is 0 Å². The summed E-state index contributed by atoms with van der Waals surface area (Å²) >= 11 is 0. The molecule has 1 saturated carbocycles. The fourth-order valence-electron chi connectivity index (χ4n) is 2.42. The highest BCUT2D eigenvalue weighted by Gasteiger charge is 2.44. The first-order valence-electron chi connectivity index (χ1n) is 5.74. The molecule has 1 fully saturated rings. The lowest BCUT2D eigenvalue weighted by Gasteiger charge is -2.23. The van der Waals surface area contributed by atoms with Gasteiger partial charge in [-0.05, 0) is 32.0 Å². The van der Waals surface area contributed by atoms with Gasteiger partial charge < -0.3 is 20.3 Å². The predicted octanol–water partition coefficient (Wildman–Crippen LogP) is 0.245. The maximum Gasteiger partial charge on any atom is 0.451 e. The van der Waals surface area contributed by atoms with E-state index in [4.69, 9.17) is 10.0 Å². The average Bonchev–Trinajstić information content (AvgIpc) is 2.56. The van der Waals surface area contributed by atoms with Gasteiger partial charge in [-0.3, -0.25) is 4.79 Å². The quantitative estimate of drug-likeness (QED) is 0.387. The second-order valence-electron chi connectivity index (χ2n) is 4.71. The van der Waals surface area contributed by atoms with Gasteiger partial charge in [-0.2, -0.15) is 0 Å². The Hall–Kier alpha value is -0.585. The zero-order chi connectivity index (χ0) is 12.2. The minimum absolute atomic E-state index is 0.276. The minimum Gasteiger partial charge on any atom is -0.481 e. The molecular weight excluding hydrogens is 211 g/mol. The van der Waals surface area contributed by atoms with Gasteiger partial charge in [0.15, 0.2) is 0 Å². The summed E-state index contributed by atoms with van der Waals surface area (Å²) in [7, 11) is -1.31. The molecule has 0 heterocycles. The summed E-state index contributed by atoms with van der Waals surface area (Å²) in [6.45, 7) is 0. The summed E-state index contributed by atoms with van der Waals surface area (Å²) in [6.07, 6.45) is 2.92. The maximum absolute atomic E-state index is 11.2. The molecule has 0 unspecified atom stereocenters. The Balaban J connectivity index is 2.38. The molecule has 0 aromatic heterocycles. The molecule has 0 bridgehead atoms. The van der Waals surface area contributed by atoms with Gasteiger partial charge in [0.05, 0.1) is 11.5 Å². The van der Waals surface area contributed by atoms with Crippen LogP contribution in [0, 0.1) is 5.41 Å². The van der Waals surface area contributed by atoms with Crippen LogP contribution in [0.25, 0.3) is 0 Å². The van der Waals surface area contributed by atoms with E-state index in [1.165, 1.54) is 0 Å². The van der Waals surface area contributed by atoms with E-state index in [9.17, 15) is 15.0 Å². The highest BCUT2D eigenvalue weighted by Crippen LogP contribution is 2.42. The van der Waals surface area contributed by atoms with Gasteiger partial charge in [-0.15, -0.1) is 0 Å². The van der Waals surface area contributed by atoms with Crippen LogP contribution in [0.5, 0.6) is 0 Å². The zero-order valence-corrected chi connectivity index (χ0v) is 9.30. The highest BCUT2D eigenvalue weighted by atomic mass is 16.4. The molecule has 0 radical (unpaired) electrons. The molecule has 1 aliphatic carbocycles. The fourth-order valence-corrected chi connectivity index (χ4v) is 2.42. The van der Waals surface area contributed by atoms with Gasteiger partial charge >= 0.3 is 13.1 Å². The minimum atomic E-state index is -1.31. The number of hydrogen-bond acceptors (Lipinski definition) is 4. The summed E-state index contributed by atoms with van der Waals surface area (Å²) in [5, 5.41) is 35.9. The van der Waals surface area contributed by atoms with Crippen molar-refractivity contribution in [3.63, 3.8) is 0 Å². The number of carboxylic acid groups (broad SMARTS) is 1. The number of aliphatic hydroxyl groups is 1. The van der Waals surface area contributed by atoms with Crippen molar-refractivity contribution in [2.24, 2.45) is 5.41 Å². The van der Waals surface area contributed by atoms with Crippen molar-refractivity contribution in [1.82, 2.24) is 0 Å². The Morgan fingerprint density at radius 3 is 2.50 bits per heavy atom. The third-order valence-corrected chi connectivity index (χ3v) is 3.40. The molecule has 1 aliphatic rings. The van der Waals surface area contributed by atoms with Gasteiger partial charge in [0.25, 0.3) is 0 Å². The second kappa shape index (κ2) is 5.66. The number of hydrogen-bond donors (Lipinski definition) is 4. The maximum atomic E-state index is 11.2. The van der Waals surface area contributed by atoms with E-state index in [1.807, 2.05) is 0 Å². The fraction of sp³-hybridized carbons (Fsp3) is 0.900. The summed E-state index contributed by atoms with van der Waals surface area (Å²) in [5.74, 6) is -0.839. The molecular formula is C10H19BO5. The SMILES string of the molecule is O=C(O)[C@]1(CCCCB(O)O)CC[C@@H](O)C1. The van der Waals surface area contributed by atoms with Crippen molar-refractivity contribution >= 4 is 13.1 Å². The average molecular weight is 230 g/mol. The molecule has 0 aliphatic heterocycles. The number of aliphatic carboxylic acids is 1. The van der Waals surface area contributed by atoms with E-state index in [0.29, 0.717) is 38.5 Å². The lowest BCUT2D eigenvalue weighted by Crippen LogP contribution is -2.28. The van der Waals surface area contributed by atoms with Gasteiger partial charge in [0.2, 0.25) is 0 Å². The van der Waals surface area contributed by atoms with Crippen LogP contribution < -0.4 is 0 Å². The van der Waals surface area contributed by atoms with E-state index in [2.05, 4.69) is 0 Å². The Labute approximate surface area is 95.2 Å². The molecule has 0 spiro atoms. The van der Waals surface area contributed by atoms with Crippen LogP contribution in [0.4, 0.5) is 0 Å². The van der Waals surface area contributed by atoms with Crippen molar-refractivity contribution in [1.29, 1.82) is 0 Å². The van der Waals surface area contributed by atoms with Crippen LogP contribution in [0.15, 0.2) is 0 Å². The number of carbonyl (C=O) groups is 1. The van der Waals surface area contributed by atoms with Crippen molar-refractivity contribution < 1.29 is 25.1 Å². The van der Waals surface area contributed by atoms with E-state index in [1.54, 1.807) is 0 Å². The van der Waals surface area contributed by atoms with Crippen molar-refractivity contribution in [3.8, 4) is 0 Å². The van der Waals surface area contributed by atoms with Crippen LogP contribution in [0.3, 0.4) is 0 Å². The second-order valence-corrected chi connectivity index (χ2v) is 4.71. The standard InChI is InChI=1S/C10H19BO5/c12-8-3-5-10(7-8,9(13)14)4-1-2-6-11(15)16/h8,12,15-16H,1-7H2,(H,13,14)/t8-,10-/m1/s1. The summed E-state index contributed by atoms with van der Waals surface area (Å²) in [5.41, 5.74) is -0.792. The van der Waals surface area contributed by atoms with Gasteiger partial charge in [-0.25, -0.2) is 0 Å². The Morgan fingerprint density at radius 1 is 1.38 bits per heavy atom. The highest BCUT2D eigenvalue weighted by molar-refractivity contribution is 6.40. The van der Waals surface area contributed by atoms with E-state index in [0.717, 1.165) is 0 Å². The zero-order valence-electron chi connectivity index (χ0n) is 9.30. The molecule has 0 aromatic rings. The first-order valence-corrected chi connectivity index (χ1v) is 5.74. The topological polar surface area (TPSA) is 98.0 Å².